The smallest absolute Gasteiger partial charge is 0.254 e. The number of carbonyl (C=O) groups excluding carboxylic acids is 1. The lowest BCUT2D eigenvalue weighted by Gasteiger charge is -2.26. The second-order valence-electron chi connectivity index (χ2n) is 8.69. The van der Waals surface area contributed by atoms with Crippen molar-refractivity contribution in [3.63, 3.8) is 0 Å². The molecular weight excluding hydrogens is 402 g/mol. The molecule has 1 aromatic heterocycles. The average molecular weight is 434 g/mol. The van der Waals surface area contributed by atoms with Crippen LogP contribution in [-0.4, -0.2) is 42.7 Å². The van der Waals surface area contributed by atoms with E-state index in [-0.39, 0.29) is 5.91 Å². The fraction of sp³-hybridized carbons (Fsp3) is 0.385. The first-order valence-electron chi connectivity index (χ1n) is 11.3. The largest absolute Gasteiger partial charge is 0.497 e. The Kier molecular flexibility index (Phi) is 6.78. The van der Waals surface area contributed by atoms with Crippen molar-refractivity contribution in [1.29, 1.82) is 0 Å². The monoisotopic (exact) mass is 433 g/mol. The van der Waals surface area contributed by atoms with Gasteiger partial charge in [0.05, 0.1) is 19.2 Å². The maximum atomic E-state index is 13.6. The van der Waals surface area contributed by atoms with Crippen LogP contribution in [0.5, 0.6) is 5.75 Å². The first-order chi connectivity index (χ1) is 15.6. The molecule has 1 saturated heterocycles. The number of ether oxygens (including phenoxy) is 1. The summed E-state index contributed by atoms with van der Waals surface area (Å²) in [6, 6.07) is 17.4. The van der Waals surface area contributed by atoms with Gasteiger partial charge in [0.2, 0.25) is 5.88 Å². The van der Waals surface area contributed by atoms with Crippen LogP contribution < -0.4 is 9.64 Å². The summed E-state index contributed by atoms with van der Waals surface area (Å²) in [6.07, 6.45) is 2.28. The number of rotatable bonds is 8. The van der Waals surface area contributed by atoms with Gasteiger partial charge in [-0.05, 0) is 37.0 Å². The molecule has 1 aliphatic heterocycles. The van der Waals surface area contributed by atoms with Gasteiger partial charge < -0.3 is 19.1 Å². The second kappa shape index (κ2) is 9.90. The van der Waals surface area contributed by atoms with Gasteiger partial charge in [-0.25, -0.2) is 0 Å². The van der Waals surface area contributed by atoms with Crippen molar-refractivity contribution in [1.82, 2.24) is 10.1 Å². The Labute approximate surface area is 189 Å². The van der Waals surface area contributed by atoms with E-state index in [1.54, 1.807) is 13.2 Å². The third-order valence-corrected chi connectivity index (χ3v) is 5.75. The number of hydrogen-bond donors (Lipinski definition) is 0. The van der Waals surface area contributed by atoms with Gasteiger partial charge in [0.1, 0.15) is 11.4 Å². The van der Waals surface area contributed by atoms with Crippen LogP contribution in [0.15, 0.2) is 59.1 Å². The molecule has 4 rings (SSSR count). The molecule has 2 aromatic carbocycles. The zero-order valence-electron chi connectivity index (χ0n) is 19.1. The lowest BCUT2D eigenvalue weighted by atomic mass is 10.1. The summed E-state index contributed by atoms with van der Waals surface area (Å²) in [5, 5.41) is 4.45. The van der Waals surface area contributed by atoms with E-state index < -0.39 is 0 Å². The maximum absolute atomic E-state index is 13.6. The van der Waals surface area contributed by atoms with Gasteiger partial charge in [-0.2, -0.15) is 0 Å². The standard InChI is InChI=1S/C26H31N3O3/c1-19(2)17-29(25(30)21-12-9-13-22(16-21)31-3)18-23-24(20-10-5-4-6-11-20)27-32-26(23)28-14-7-8-15-28/h4-6,9-13,16,19H,7-8,14-15,17-18H2,1-3H3. The van der Waals surface area contributed by atoms with Crippen LogP contribution in [0, 0.1) is 5.92 Å². The van der Waals surface area contributed by atoms with Gasteiger partial charge in [0.25, 0.3) is 5.91 Å². The van der Waals surface area contributed by atoms with E-state index in [1.165, 1.54) is 0 Å². The minimum atomic E-state index is -0.0230. The van der Waals surface area contributed by atoms with Crippen molar-refractivity contribution in [3.05, 3.63) is 65.7 Å². The second-order valence-corrected chi connectivity index (χ2v) is 8.69. The molecule has 0 radical (unpaired) electrons. The number of aromatic nitrogens is 1. The highest BCUT2D eigenvalue weighted by atomic mass is 16.5. The summed E-state index contributed by atoms with van der Waals surface area (Å²) in [5.74, 6) is 1.76. The molecule has 0 atom stereocenters. The zero-order valence-corrected chi connectivity index (χ0v) is 19.1. The SMILES string of the molecule is COc1cccc(C(=O)N(Cc2c(-c3ccccc3)noc2N2CCCC2)CC(C)C)c1. The van der Waals surface area contributed by atoms with Gasteiger partial charge in [0.15, 0.2) is 0 Å². The van der Waals surface area contributed by atoms with Gasteiger partial charge in [-0.3, -0.25) is 4.79 Å². The fourth-order valence-corrected chi connectivity index (χ4v) is 4.22. The third kappa shape index (κ3) is 4.79. The Hall–Kier alpha value is -3.28. The Bertz CT molecular complexity index is 1040. The Morgan fingerprint density at radius 2 is 1.88 bits per heavy atom. The third-order valence-electron chi connectivity index (χ3n) is 5.75. The molecule has 0 bridgehead atoms. The van der Waals surface area contributed by atoms with Gasteiger partial charge >= 0.3 is 0 Å². The van der Waals surface area contributed by atoms with E-state index >= 15 is 0 Å². The number of hydrogen-bond acceptors (Lipinski definition) is 5. The molecule has 1 fully saturated rings. The quantitative estimate of drug-likeness (QED) is 0.486. The van der Waals surface area contributed by atoms with Crippen LogP contribution in [-0.2, 0) is 6.54 Å². The van der Waals surface area contributed by atoms with Gasteiger partial charge in [0, 0.05) is 30.8 Å². The van der Waals surface area contributed by atoms with Gasteiger partial charge in [-0.1, -0.05) is 55.4 Å². The van der Waals surface area contributed by atoms with Crippen molar-refractivity contribution in [2.45, 2.75) is 33.2 Å². The number of benzene rings is 2. The average Bonchev–Trinajstić information content (AvgIpc) is 3.48. The van der Waals surface area contributed by atoms with Crippen LogP contribution >= 0.6 is 0 Å². The first-order valence-corrected chi connectivity index (χ1v) is 11.3. The Morgan fingerprint density at radius 1 is 1.12 bits per heavy atom. The van der Waals surface area contributed by atoms with Crippen LogP contribution in [0.3, 0.4) is 0 Å². The number of anilines is 1. The van der Waals surface area contributed by atoms with Crippen LogP contribution in [0.1, 0.15) is 42.6 Å². The molecular formula is C26H31N3O3. The predicted molar refractivity (Wildman–Crippen MR) is 126 cm³/mol. The minimum Gasteiger partial charge on any atom is -0.497 e. The number of methoxy groups -OCH3 is 1. The Morgan fingerprint density at radius 3 is 2.56 bits per heavy atom. The molecule has 0 aliphatic carbocycles. The van der Waals surface area contributed by atoms with E-state index in [1.807, 2.05) is 53.4 Å². The normalized spacial score (nSPS) is 13.6. The summed E-state index contributed by atoms with van der Waals surface area (Å²) in [4.78, 5) is 17.7. The van der Waals surface area contributed by atoms with Crippen molar-refractivity contribution in [3.8, 4) is 17.0 Å². The predicted octanol–water partition coefficient (Wildman–Crippen LogP) is 5.25. The molecule has 6 heteroatoms. The summed E-state index contributed by atoms with van der Waals surface area (Å²) in [6.45, 7) is 7.22. The number of nitrogens with zero attached hydrogens (tertiary/aromatic N) is 3. The number of carbonyl (C=O) groups is 1. The van der Waals surface area contributed by atoms with Crippen molar-refractivity contribution in [2.75, 3.05) is 31.6 Å². The lowest BCUT2D eigenvalue weighted by Crippen LogP contribution is -2.34. The van der Waals surface area contributed by atoms with Crippen molar-refractivity contribution < 1.29 is 14.1 Å². The summed E-state index contributed by atoms with van der Waals surface area (Å²) < 4.78 is 11.2. The summed E-state index contributed by atoms with van der Waals surface area (Å²) in [7, 11) is 1.61. The molecule has 0 N–H and O–H groups in total. The molecule has 0 saturated carbocycles. The van der Waals surface area contributed by atoms with Crippen molar-refractivity contribution in [2.24, 2.45) is 5.92 Å². The lowest BCUT2D eigenvalue weighted by molar-refractivity contribution is 0.0722. The molecule has 1 aliphatic rings. The van der Waals surface area contributed by atoms with E-state index in [0.29, 0.717) is 30.3 Å². The molecule has 1 amide bonds. The molecule has 168 valence electrons. The first kappa shape index (κ1) is 21.9. The Balaban J connectivity index is 1.72. The van der Waals surface area contributed by atoms with E-state index in [2.05, 4.69) is 23.9 Å². The van der Waals surface area contributed by atoms with Crippen LogP contribution in [0.4, 0.5) is 5.88 Å². The van der Waals surface area contributed by atoms with Gasteiger partial charge in [-0.15, -0.1) is 0 Å². The fourth-order valence-electron chi connectivity index (χ4n) is 4.22. The molecule has 0 spiro atoms. The zero-order chi connectivity index (χ0) is 22.5. The highest BCUT2D eigenvalue weighted by molar-refractivity contribution is 5.94. The van der Waals surface area contributed by atoms with E-state index in [0.717, 1.165) is 48.6 Å². The highest BCUT2D eigenvalue weighted by Crippen LogP contribution is 2.34. The molecule has 2 heterocycles. The highest BCUT2D eigenvalue weighted by Gasteiger charge is 2.28. The van der Waals surface area contributed by atoms with E-state index in [9.17, 15) is 4.79 Å². The molecule has 32 heavy (non-hydrogen) atoms. The van der Waals surface area contributed by atoms with Crippen molar-refractivity contribution >= 4 is 11.8 Å². The topological polar surface area (TPSA) is 58.8 Å². The maximum Gasteiger partial charge on any atom is 0.254 e. The number of amides is 1. The molecule has 3 aromatic rings. The molecule has 6 nitrogen and oxygen atoms in total. The summed E-state index contributed by atoms with van der Waals surface area (Å²) in [5.41, 5.74) is 3.38. The summed E-state index contributed by atoms with van der Waals surface area (Å²) >= 11 is 0. The van der Waals surface area contributed by atoms with E-state index in [4.69, 9.17) is 9.26 Å². The van der Waals surface area contributed by atoms with Crippen LogP contribution in [0.25, 0.3) is 11.3 Å². The molecule has 0 unspecified atom stereocenters. The minimum absolute atomic E-state index is 0.0230. The van der Waals surface area contributed by atoms with Crippen LogP contribution in [0.2, 0.25) is 0 Å².